The third kappa shape index (κ3) is 2.78. The van der Waals surface area contributed by atoms with Crippen molar-refractivity contribution in [1.82, 2.24) is 4.98 Å². The Bertz CT molecular complexity index is 948. The number of pyridine rings is 1. The number of nitrogens with zero attached hydrogens (tertiary/aromatic N) is 1. The molecular formula is C20H16F4N2O2. The average molecular weight is 392 g/mol. The molecule has 8 heteroatoms. The summed E-state index contributed by atoms with van der Waals surface area (Å²) in [6, 6.07) is 7.50. The number of alkyl halides is 3. The lowest BCUT2D eigenvalue weighted by Crippen LogP contribution is -2.37. The van der Waals surface area contributed by atoms with E-state index in [1.807, 2.05) is 0 Å². The fourth-order valence-electron chi connectivity index (χ4n) is 4.82. The molecule has 2 bridgehead atoms. The van der Waals surface area contributed by atoms with E-state index in [0.717, 1.165) is 18.6 Å². The summed E-state index contributed by atoms with van der Waals surface area (Å²) in [6.07, 6.45) is -2.64. The van der Waals surface area contributed by atoms with E-state index in [4.69, 9.17) is 4.74 Å². The molecule has 3 fully saturated rings. The number of amides is 1. The molecule has 0 radical (unpaired) electrons. The number of hydrogen-bond acceptors (Lipinski definition) is 3. The number of carbonyl (C=O) groups excluding carboxylic acids is 1. The largest absolute Gasteiger partial charge is 0.416 e. The topological polar surface area (TPSA) is 51.2 Å². The van der Waals surface area contributed by atoms with Crippen LogP contribution in [0.3, 0.4) is 0 Å². The second kappa shape index (κ2) is 6.01. The molecule has 1 aromatic carbocycles. The van der Waals surface area contributed by atoms with Gasteiger partial charge in [-0.15, -0.1) is 0 Å². The number of rotatable bonds is 3. The number of fused-ring (bicyclic) bond motifs is 5. The van der Waals surface area contributed by atoms with Gasteiger partial charge in [-0.05, 0) is 54.2 Å². The number of carbonyl (C=O) groups is 1. The molecule has 5 rings (SSSR count). The van der Waals surface area contributed by atoms with Gasteiger partial charge in [0.05, 0.1) is 23.7 Å². The molecular weight excluding hydrogens is 376 g/mol. The minimum atomic E-state index is -4.49. The minimum absolute atomic E-state index is 0.0783. The Morgan fingerprint density at radius 3 is 2.68 bits per heavy atom. The molecule has 146 valence electrons. The summed E-state index contributed by atoms with van der Waals surface area (Å²) >= 11 is 0. The summed E-state index contributed by atoms with van der Waals surface area (Å²) in [5.74, 6) is -1.29. The van der Waals surface area contributed by atoms with Gasteiger partial charge in [-0.3, -0.25) is 4.79 Å². The summed E-state index contributed by atoms with van der Waals surface area (Å²) in [5.41, 5.74) is -0.117. The smallest absolute Gasteiger partial charge is 0.373 e. The average Bonchev–Trinajstić information content (AvgIpc) is 3.25. The molecule has 2 aliphatic heterocycles. The van der Waals surface area contributed by atoms with Crippen molar-refractivity contribution in [2.45, 2.75) is 30.7 Å². The van der Waals surface area contributed by atoms with Crippen molar-refractivity contribution in [3.05, 3.63) is 59.7 Å². The van der Waals surface area contributed by atoms with Gasteiger partial charge < -0.3 is 10.1 Å². The molecule has 1 aromatic heterocycles. The lowest BCUT2D eigenvalue weighted by molar-refractivity contribution is -0.137. The standard InChI is InChI=1S/C20H16F4N2O2/c21-14-6-9(4-5-25-14)15-16(18-13-8-12(13)17(15)28-18)19(27)26-11-3-1-2-10(7-11)20(22,23)24/h1-7,12-13,15-18H,8H2,(H,26,27)/t12?,13?,15-,16+,17+,18-/m1/s1. The van der Waals surface area contributed by atoms with Crippen LogP contribution in [0.2, 0.25) is 0 Å². The van der Waals surface area contributed by atoms with Crippen molar-refractivity contribution in [2.24, 2.45) is 17.8 Å². The number of benzene rings is 1. The number of halogens is 4. The normalized spacial score (nSPS) is 32.9. The van der Waals surface area contributed by atoms with Gasteiger partial charge in [0.15, 0.2) is 0 Å². The highest BCUT2D eigenvalue weighted by molar-refractivity contribution is 5.94. The van der Waals surface area contributed by atoms with E-state index in [1.165, 1.54) is 24.4 Å². The summed E-state index contributed by atoms with van der Waals surface area (Å²) in [4.78, 5) is 16.6. The molecule has 1 aliphatic carbocycles. The maximum atomic E-state index is 13.6. The van der Waals surface area contributed by atoms with E-state index in [-0.39, 0.29) is 23.8 Å². The third-order valence-corrected chi connectivity index (χ3v) is 6.04. The van der Waals surface area contributed by atoms with Crippen molar-refractivity contribution >= 4 is 11.6 Å². The first-order valence-electron chi connectivity index (χ1n) is 9.08. The van der Waals surface area contributed by atoms with E-state index < -0.39 is 29.5 Å². The van der Waals surface area contributed by atoms with Gasteiger partial charge in [0.25, 0.3) is 0 Å². The summed E-state index contributed by atoms with van der Waals surface area (Å²) in [5, 5.41) is 2.61. The van der Waals surface area contributed by atoms with Crippen LogP contribution in [0.25, 0.3) is 0 Å². The second-order valence-corrected chi connectivity index (χ2v) is 7.66. The highest BCUT2D eigenvalue weighted by Gasteiger charge is 2.68. The Balaban J connectivity index is 1.43. The summed E-state index contributed by atoms with van der Waals surface area (Å²) < 4.78 is 58.4. The van der Waals surface area contributed by atoms with Crippen LogP contribution < -0.4 is 5.32 Å². The summed E-state index contributed by atoms with van der Waals surface area (Å²) in [7, 11) is 0. The molecule has 2 saturated heterocycles. The van der Waals surface area contributed by atoms with Crippen LogP contribution >= 0.6 is 0 Å². The lowest BCUT2D eigenvalue weighted by atomic mass is 9.75. The molecule has 1 N–H and O–H groups in total. The Hall–Kier alpha value is -2.48. The first-order valence-corrected chi connectivity index (χ1v) is 9.08. The first kappa shape index (κ1) is 17.6. The second-order valence-electron chi connectivity index (χ2n) is 7.66. The van der Waals surface area contributed by atoms with Crippen LogP contribution in [-0.4, -0.2) is 23.1 Å². The van der Waals surface area contributed by atoms with Crippen LogP contribution in [0.15, 0.2) is 42.6 Å². The maximum absolute atomic E-state index is 13.6. The van der Waals surface area contributed by atoms with Crippen LogP contribution in [0, 0.1) is 23.7 Å². The van der Waals surface area contributed by atoms with E-state index >= 15 is 0 Å². The third-order valence-electron chi connectivity index (χ3n) is 6.04. The zero-order valence-corrected chi connectivity index (χ0v) is 14.5. The molecule has 1 saturated carbocycles. The number of hydrogen-bond donors (Lipinski definition) is 1. The molecule has 0 spiro atoms. The fourth-order valence-corrected chi connectivity index (χ4v) is 4.82. The molecule has 3 heterocycles. The number of ether oxygens (including phenoxy) is 1. The molecule has 2 aromatic rings. The van der Waals surface area contributed by atoms with Crippen LogP contribution in [0.1, 0.15) is 23.5 Å². The summed E-state index contributed by atoms with van der Waals surface area (Å²) in [6.45, 7) is 0. The van der Waals surface area contributed by atoms with E-state index in [9.17, 15) is 22.4 Å². The molecule has 4 nitrogen and oxygen atoms in total. The van der Waals surface area contributed by atoms with Crippen molar-refractivity contribution in [1.29, 1.82) is 0 Å². The van der Waals surface area contributed by atoms with Gasteiger partial charge >= 0.3 is 6.18 Å². The monoisotopic (exact) mass is 392 g/mol. The molecule has 28 heavy (non-hydrogen) atoms. The van der Waals surface area contributed by atoms with Crippen LogP contribution in [0.5, 0.6) is 0 Å². The van der Waals surface area contributed by atoms with Crippen molar-refractivity contribution in [2.75, 3.05) is 5.32 Å². The van der Waals surface area contributed by atoms with Gasteiger partial charge in [0, 0.05) is 17.8 Å². The van der Waals surface area contributed by atoms with Gasteiger partial charge in [0.2, 0.25) is 11.9 Å². The SMILES string of the molecule is O=C(Nc1cccc(C(F)(F)F)c1)[C@H]1[C@@H](c2ccnc(F)c2)[C@H]2O[C@@H]1C1CC12. The van der Waals surface area contributed by atoms with Gasteiger partial charge in [-0.1, -0.05) is 6.07 Å². The quantitative estimate of drug-likeness (QED) is 0.635. The maximum Gasteiger partial charge on any atom is 0.416 e. The predicted molar refractivity (Wildman–Crippen MR) is 90.8 cm³/mol. The minimum Gasteiger partial charge on any atom is -0.373 e. The molecule has 2 unspecified atom stereocenters. The van der Waals surface area contributed by atoms with Crippen LogP contribution in [0.4, 0.5) is 23.2 Å². The number of anilines is 1. The predicted octanol–water partition coefficient (Wildman–Crippen LogP) is 4.00. The Labute approximate surface area is 157 Å². The van der Waals surface area contributed by atoms with Gasteiger partial charge in [-0.2, -0.15) is 17.6 Å². The van der Waals surface area contributed by atoms with Gasteiger partial charge in [-0.25, -0.2) is 4.98 Å². The molecule has 3 aliphatic rings. The highest BCUT2D eigenvalue weighted by atomic mass is 19.4. The lowest BCUT2D eigenvalue weighted by Gasteiger charge is -2.27. The van der Waals surface area contributed by atoms with E-state index in [0.29, 0.717) is 17.4 Å². The van der Waals surface area contributed by atoms with Gasteiger partial charge in [0.1, 0.15) is 0 Å². The molecule has 1 amide bonds. The van der Waals surface area contributed by atoms with Crippen molar-refractivity contribution in [3.8, 4) is 0 Å². The molecule has 6 atom stereocenters. The zero-order valence-electron chi connectivity index (χ0n) is 14.5. The Kier molecular flexibility index (Phi) is 3.78. The van der Waals surface area contributed by atoms with E-state index in [1.54, 1.807) is 6.07 Å². The highest BCUT2D eigenvalue weighted by Crippen LogP contribution is 2.65. The Morgan fingerprint density at radius 1 is 1.14 bits per heavy atom. The first-order chi connectivity index (χ1) is 13.3. The number of aromatic nitrogens is 1. The fraction of sp³-hybridized carbons (Fsp3) is 0.400. The van der Waals surface area contributed by atoms with Crippen LogP contribution in [-0.2, 0) is 15.7 Å². The number of nitrogens with one attached hydrogen (secondary N) is 1. The van der Waals surface area contributed by atoms with Crippen molar-refractivity contribution in [3.63, 3.8) is 0 Å². The van der Waals surface area contributed by atoms with E-state index in [2.05, 4.69) is 10.3 Å². The Morgan fingerprint density at radius 2 is 1.93 bits per heavy atom. The zero-order chi connectivity index (χ0) is 19.6. The van der Waals surface area contributed by atoms with Crippen molar-refractivity contribution < 1.29 is 27.1 Å².